The smallest absolute Gasteiger partial charge is 0.132 e. The summed E-state index contributed by atoms with van der Waals surface area (Å²) in [5.41, 5.74) is 1.93. The molecular formula is C11H14N2O. The number of imidazole rings is 1. The summed E-state index contributed by atoms with van der Waals surface area (Å²) in [6, 6.07) is 7.83. The zero-order valence-corrected chi connectivity index (χ0v) is 8.22. The predicted molar refractivity (Wildman–Crippen MR) is 55.9 cm³/mol. The maximum Gasteiger partial charge on any atom is 0.132 e. The molecule has 0 aliphatic rings. The van der Waals surface area contributed by atoms with Crippen molar-refractivity contribution in [3.05, 3.63) is 30.6 Å². The van der Waals surface area contributed by atoms with Crippen LogP contribution >= 0.6 is 0 Å². The van der Waals surface area contributed by atoms with Crippen molar-refractivity contribution in [3.63, 3.8) is 0 Å². The van der Waals surface area contributed by atoms with Gasteiger partial charge >= 0.3 is 0 Å². The van der Waals surface area contributed by atoms with E-state index in [0.29, 0.717) is 0 Å². The predicted octanol–water partition coefficient (Wildman–Crippen LogP) is 2.33. The molecule has 1 heterocycles. The molecule has 74 valence electrons. The number of aliphatic hydroxyl groups excluding tert-OH is 1. The molecular weight excluding hydrogens is 176 g/mol. The van der Waals surface area contributed by atoms with Gasteiger partial charge in [0.1, 0.15) is 6.23 Å². The second-order valence-electron chi connectivity index (χ2n) is 3.41. The van der Waals surface area contributed by atoms with Crippen LogP contribution in [-0.4, -0.2) is 14.7 Å². The van der Waals surface area contributed by atoms with Gasteiger partial charge in [-0.1, -0.05) is 25.5 Å². The second kappa shape index (κ2) is 3.80. The lowest BCUT2D eigenvalue weighted by molar-refractivity contribution is 0.0977. The van der Waals surface area contributed by atoms with Gasteiger partial charge in [0.05, 0.1) is 17.4 Å². The van der Waals surface area contributed by atoms with Crippen LogP contribution in [0.1, 0.15) is 26.0 Å². The first-order chi connectivity index (χ1) is 6.83. The number of rotatable bonds is 3. The Morgan fingerprint density at radius 3 is 3.00 bits per heavy atom. The van der Waals surface area contributed by atoms with E-state index < -0.39 is 6.23 Å². The summed E-state index contributed by atoms with van der Waals surface area (Å²) in [6.07, 6.45) is 2.98. The Bertz CT molecular complexity index is 422. The van der Waals surface area contributed by atoms with Crippen LogP contribution in [0.2, 0.25) is 0 Å². The molecule has 1 aromatic carbocycles. The Labute approximate surface area is 83.0 Å². The molecule has 2 aromatic rings. The van der Waals surface area contributed by atoms with Crippen LogP contribution in [0.25, 0.3) is 11.0 Å². The van der Waals surface area contributed by atoms with E-state index in [4.69, 9.17) is 0 Å². The Kier molecular flexibility index (Phi) is 2.50. The van der Waals surface area contributed by atoms with Gasteiger partial charge < -0.3 is 9.67 Å². The second-order valence-corrected chi connectivity index (χ2v) is 3.41. The molecule has 0 radical (unpaired) electrons. The number of nitrogens with zero attached hydrogens (tertiary/aromatic N) is 2. The van der Waals surface area contributed by atoms with Crippen LogP contribution in [0, 0.1) is 0 Å². The van der Waals surface area contributed by atoms with Gasteiger partial charge in [0.15, 0.2) is 0 Å². The fourth-order valence-electron chi connectivity index (χ4n) is 1.61. The topological polar surface area (TPSA) is 38.0 Å². The number of fused-ring (bicyclic) bond motifs is 1. The van der Waals surface area contributed by atoms with Gasteiger partial charge in [0.25, 0.3) is 0 Å². The molecule has 1 atom stereocenters. The average molecular weight is 190 g/mol. The minimum absolute atomic E-state index is 0.451. The lowest BCUT2D eigenvalue weighted by Crippen LogP contribution is -2.05. The van der Waals surface area contributed by atoms with Gasteiger partial charge in [0.2, 0.25) is 0 Å². The summed E-state index contributed by atoms with van der Waals surface area (Å²) in [5.74, 6) is 0. The number of hydrogen-bond acceptors (Lipinski definition) is 2. The molecule has 0 amide bonds. The van der Waals surface area contributed by atoms with Crippen molar-refractivity contribution in [1.82, 2.24) is 9.55 Å². The molecule has 0 aliphatic carbocycles. The largest absolute Gasteiger partial charge is 0.373 e. The molecule has 1 aromatic heterocycles. The minimum atomic E-state index is -0.451. The molecule has 0 fully saturated rings. The quantitative estimate of drug-likeness (QED) is 0.806. The fraction of sp³-hybridized carbons (Fsp3) is 0.364. The van der Waals surface area contributed by atoms with E-state index >= 15 is 0 Å². The van der Waals surface area contributed by atoms with Gasteiger partial charge in [0, 0.05) is 0 Å². The van der Waals surface area contributed by atoms with E-state index in [1.165, 1.54) is 0 Å². The van der Waals surface area contributed by atoms with Crippen LogP contribution in [0.15, 0.2) is 30.6 Å². The molecule has 0 aliphatic heterocycles. The van der Waals surface area contributed by atoms with E-state index in [9.17, 15) is 5.11 Å². The molecule has 1 N–H and O–H groups in total. The van der Waals surface area contributed by atoms with Gasteiger partial charge in [-0.2, -0.15) is 0 Å². The number of benzene rings is 1. The highest BCUT2D eigenvalue weighted by molar-refractivity contribution is 5.74. The molecule has 0 saturated heterocycles. The Balaban J connectivity index is 2.42. The molecule has 3 nitrogen and oxygen atoms in total. The van der Waals surface area contributed by atoms with Crippen molar-refractivity contribution in [1.29, 1.82) is 0 Å². The maximum absolute atomic E-state index is 9.83. The van der Waals surface area contributed by atoms with Gasteiger partial charge in [-0.05, 0) is 18.6 Å². The van der Waals surface area contributed by atoms with Crippen LogP contribution in [0.3, 0.4) is 0 Å². The standard InChI is InChI=1S/C11H14N2O/c1-2-5-11(14)13-8-12-9-6-3-4-7-10(9)13/h3-4,6-8,11,14H,2,5H2,1H3. The molecule has 2 rings (SSSR count). The maximum atomic E-state index is 9.83. The molecule has 0 saturated carbocycles. The molecule has 1 unspecified atom stereocenters. The Hall–Kier alpha value is -1.35. The van der Waals surface area contributed by atoms with Gasteiger partial charge in [-0.3, -0.25) is 0 Å². The normalized spacial score (nSPS) is 13.3. The van der Waals surface area contributed by atoms with E-state index in [-0.39, 0.29) is 0 Å². The van der Waals surface area contributed by atoms with Crippen molar-refractivity contribution in [2.24, 2.45) is 0 Å². The van der Waals surface area contributed by atoms with Crippen LogP contribution in [-0.2, 0) is 0 Å². The molecule has 0 spiro atoms. The first kappa shape index (κ1) is 9.21. The summed E-state index contributed by atoms with van der Waals surface area (Å²) in [6.45, 7) is 2.06. The molecule has 3 heteroatoms. The summed E-state index contributed by atoms with van der Waals surface area (Å²) >= 11 is 0. The highest BCUT2D eigenvalue weighted by Gasteiger charge is 2.08. The highest BCUT2D eigenvalue weighted by atomic mass is 16.3. The number of aromatic nitrogens is 2. The first-order valence-corrected chi connectivity index (χ1v) is 4.92. The third kappa shape index (κ3) is 1.51. The van der Waals surface area contributed by atoms with E-state index in [1.54, 1.807) is 6.33 Å². The summed E-state index contributed by atoms with van der Waals surface area (Å²) in [5, 5.41) is 9.83. The minimum Gasteiger partial charge on any atom is -0.373 e. The number of aliphatic hydroxyl groups is 1. The summed E-state index contributed by atoms with van der Waals surface area (Å²) < 4.78 is 1.82. The van der Waals surface area contributed by atoms with Gasteiger partial charge in [-0.15, -0.1) is 0 Å². The van der Waals surface area contributed by atoms with Crippen molar-refractivity contribution < 1.29 is 5.11 Å². The van der Waals surface area contributed by atoms with Crippen molar-refractivity contribution in [2.75, 3.05) is 0 Å². The van der Waals surface area contributed by atoms with Crippen LogP contribution in [0.4, 0.5) is 0 Å². The number of para-hydroxylation sites is 2. The van der Waals surface area contributed by atoms with Crippen LogP contribution in [0.5, 0.6) is 0 Å². The zero-order valence-electron chi connectivity index (χ0n) is 8.22. The fourth-order valence-corrected chi connectivity index (χ4v) is 1.61. The lowest BCUT2D eigenvalue weighted by atomic mass is 10.3. The molecule has 0 bridgehead atoms. The van der Waals surface area contributed by atoms with E-state index in [1.807, 2.05) is 28.8 Å². The Morgan fingerprint density at radius 1 is 1.43 bits per heavy atom. The Morgan fingerprint density at radius 2 is 2.21 bits per heavy atom. The first-order valence-electron chi connectivity index (χ1n) is 4.92. The van der Waals surface area contributed by atoms with Crippen molar-refractivity contribution in [3.8, 4) is 0 Å². The van der Waals surface area contributed by atoms with Crippen LogP contribution < -0.4 is 0 Å². The highest BCUT2D eigenvalue weighted by Crippen LogP contribution is 2.18. The van der Waals surface area contributed by atoms with Gasteiger partial charge in [-0.25, -0.2) is 4.98 Å². The third-order valence-corrected chi connectivity index (χ3v) is 2.35. The molecule has 14 heavy (non-hydrogen) atoms. The number of hydrogen-bond donors (Lipinski definition) is 1. The lowest BCUT2D eigenvalue weighted by Gasteiger charge is -2.11. The monoisotopic (exact) mass is 190 g/mol. The summed E-state index contributed by atoms with van der Waals surface area (Å²) in [4.78, 5) is 4.22. The van der Waals surface area contributed by atoms with E-state index in [2.05, 4.69) is 11.9 Å². The average Bonchev–Trinajstić information content (AvgIpc) is 2.61. The van der Waals surface area contributed by atoms with Crippen molar-refractivity contribution in [2.45, 2.75) is 26.0 Å². The SMILES string of the molecule is CCCC(O)n1cnc2ccccc21. The third-order valence-electron chi connectivity index (χ3n) is 2.35. The van der Waals surface area contributed by atoms with Crippen molar-refractivity contribution >= 4 is 11.0 Å². The zero-order chi connectivity index (χ0) is 9.97. The summed E-state index contributed by atoms with van der Waals surface area (Å²) in [7, 11) is 0. The van der Waals surface area contributed by atoms with E-state index in [0.717, 1.165) is 23.9 Å².